The minimum absolute atomic E-state index is 0.421. The lowest BCUT2D eigenvalue weighted by Gasteiger charge is -2.17. The molecule has 0 spiro atoms. The Kier molecular flexibility index (Phi) is 5.57. The summed E-state index contributed by atoms with van der Waals surface area (Å²) in [6, 6.07) is 8.28. The van der Waals surface area contributed by atoms with Gasteiger partial charge in [-0.2, -0.15) is 4.98 Å². The van der Waals surface area contributed by atoms with Crippen molar-refractivity contribution in [2.75, 3.05) is 0 Å². The Bertz CT molecular complexity index is 866. The molecular formula is C20H24N4O2S. The number of hydrogen-bond acceptors (Lipinski definition) is 7. The summed E-state index contributed by atoms with van der Waals surface area (Å²) >= 11 is 1.44. The van der Waals surface area contributed by atoms with E-state index >= 15 is 0 Å². The van der Waals surface area contributed by atoms with Gasteiger partial charge in [0.1, 0.15) is 0 Å². The van der Waals surface area contributed by atoms with Gasteiger partial charge in [-0.05, 0) is 24.3 Å². The molecule has 1 fully saturated rings. The standard InChI is InChI=1S/C20H24N4O2S/c1-13(2)14-8-10-15(11-9-14)18-21-17(26-24-18)12-27-20-23-22-19(25-20)16-6-4-3-5-7-16/h8-11,13,16H,3-7,12H2,1-2H3. The van der Waals surface area contributed by atoms with Crippen molar-refractivity contribution in [2.24, 2.45) is 0 Å². The number of aromatic nitrogens is 4. The highest BCUT2D eigenvalue weighted by Crippen LogP contribution is 2.33. The molecule has 1 saturated carbocycles. The van der Waals surface area contributed by atoms with E-state index in [1.54, 1.807) is 0 Å². The first-order valence-corrected chi connectivity index (χ1v) is 10.6. The Morgan fingerprint density at radius 2 is 1.85 bits per heavy atom. The zero-order valence-corrected chi connectivity index (χ0v) is 16.5. The molecule has 0 atom stereocenters. The molecule has 7 heteroatoms. The predicted octanol–water partition coefficient (Wildman–Crippen LogP) is 5.58. The van der Waals surface area contributed by atoms with Gasteiger partial charge in [0.15, 0.2) is 0 Å². The molecule has 0 N–H and O–H groups in total. The van der Waals surface area contributed by atoms with Gasteiger partial charge in [0, 0.05) is 11.5 Å². The van der Waals surface area contributed by atoms with Gasteiger partial charge >= 0.3 is 0 Å². The average Bonchev–Trinajstić information content (AvgIpc) is 3.37. The molecule has 0 unspecified atom stereocenters. The molecule has 0 saturated heterocycles. The Labute approximate surface area is 163 Å². The van der Waals surface area contributed by atoms with E-state index in [0.29, 0.717) is 34.5 Å². The highest BCUT2D eigenvalue weighted by molar-refractivity contribution is 7.98. The fourth-order valence-electron chi connectivity index (χ4n) is 3.36. The molecule has 1 aromatic carbocycles. The summed E-state index contributed by atoms with van der Waals surface area (Å²) in [7, 11) is 0. The van der Waals surface area contributed by atoms with Crippen molar-refractivity contribution in [3.8, 4) is 11.4 Å². The fraction of sp³-hybridized carbons (Fsp3) is 0.500. The second-order valence-electron chi connectivity index (χ2n) is 7.32. The van der Waals surface area contributed by atoms with Crippen LogP contribution in [0.2, 0.25) is 0 Å². The first-order chi connectivity index (χ1) is 13.2. The van der Waals surface area contributed by atoms with Crippen LogP contribution in [0.4, 0.5) is 0 Å². The van der Waals surface area contributed by atoms with Crippen molar-refractivity contribution in [1.82, 2.24) is 20.3 Å². The van der Waals surface area contributed by atoms with Crippen LogP contribution >= 0.6 is 11.8 Å². The van der Waals surface area contributed by atoms with Gasteiger partial charge in [-0.15, -0.1) is 10.2 Å². The van der Waals surface area contributed by atoms with Gasteiger partial charge in [-0.25, -0.2) is 0 Å². The second-order valence-corrected chi connectivity index (χ2v) is 8.24. The van der Waals surface area contributed by atoms with E-state index in [4.69, 9.17) is 8.94 Å². The monoisotopic (exact) mass is 384 g/mol. The molecule has 0 amide bonds. The van der Waals surface area contributed by atoms with E-state index in [1.165, 1.54) is 36.6 Å². The van der Waals surface area contributed by atoms with Crippen molar-refractivity contribution in [1.29, 1.82) is 0 Å². The number of benzene rings is 1. The minimum Gasteiger partial charge on any atom is -0.416 e. The van der Waals surface area contributed by atoms with Crippen LogP contribution in [0.3, 0.4) is 0 Å². The topological polar surface area (TPSA) is 77.8 Å². The average molecular weight is 385 g/mol. The number of thioether (sulfide) groups is 1. The Balaban J connectivity index is 1.36. The van der Waals surface area contributed by atoms with Crippen molar-refractivity contribution in [2.45, 2.75) is 68.8 Å². The van der Waals surface area contributed by atoms with Crippen LogP contribution in [-0.4, -0.2) is 20.3 Å². The smallest absolute Gasteiger partial charge is 0.277 e. The van der Waals surface area contributed by atoms with Crippen LogP contribution in [0.25, 0.3) is 11.4 Å². The van der Waals surface area contributed by atoms with E-state index in [1.807, 2.05) is 12.1 Å². The van der Waals surface area contributed by atoms with Crippen molar-refractivity contribution in [3.05, 3.63) is 41.6 Å². The highest BCUT2D eigenvalue weighted by Gasteiger charge is 2.21. The van der Waals surface area contributed by atoms with Crippen molar-refractivity contribution < 1.29 is 8.94 Å². The zero-order valence-electron chi connectivity index (χ0n) is 15.7. The lowest BCUT2D eigenvalue weighted by molar-refractivity contribution is 0.334. The molecule has 142 valence electrons. The quantitative estimate of drug-likeness (QED) is 0.513. The third-order valence-corrected chi connectivity index (χ3v) is 5.80. The molecule has 0 aliphatic heterocycles. The van der Waals surface area contributed by atoms with Crippen molar-refractivity contribution >= 4 is 11.8 Å². The summed E-state index contributed by atoms with van der Waals surface area (Å²) in [6.07, 6.45) is 6.10. The molecule has 6 nitrogen and oxygen atoms in total. The molecule has 0 radical (unpaired) electrons. The van der Waals surface area contributed by atoms with Gasteiger partial charge in [-0.1, -0.05) is 74.3 Å². The normalized spacial score (nSPS) is 15.5. The first kappa shape index (κ1) is 18.2. The predicted molar refractivity (Wildman–Crippen MR) is 104 cm³/mol. The molecule has 1 aliphatic rings. The third kappa shape index (κ3) is 4.40. The Hall–Kier alpha value is -2.15. The minimum atomic E-state index is 0.421. The van der Waals surface area contributed by atoms with Gasteiger partial charge in [-0.3, -0.25) is 0 Å². The zero-order chi connectivity index (χ0) is 18.6. The fourth-order valence-corrected chi connectivity index (χ4v) is 3.97. The maximum Gasteiger partial charge on any atom is 0.277 e. The number of hydrogen-bond donors (Lipinski definition) is 0. The molecule has 0 bridgehead atoms. The van der Waals surface area contributed by atoms with Crippen LogP contribution in [0, 0.1) is 0 Å². The van der Waals surface area contributed by atoms with Gasteiger partial charge in [0.2, 0.25) is 17.6 Å². The lowest BCUT2D eigenvalue weighted by Crippen LogP contribution is -2.04. The van der Waals surface area contributed by atoms with E-state index in [0.717, 1.165) is 24.3 Å². The highest BCUT2D eigenvalue weighted by atomic mass is 32.2. The summed E-state index contributed by atoms with van der Waals surface area (Å²) in [6.45, 7) is 4.35. The van der Waals surface area contributed by atoms with Crippen LogP contribution in [0.1, 0.15) is 75.1 Å². The summed E-state index contributed by atoms with van der Waals surface area (Å²) < 4.78 is 11.2. The van der Waals surface area contributed by atoms with Gasteiger partial charge in [0.05, 0.1) is 5.75 Å². The summed E-state index contributed by atoms with van der Waals surface area (Å²) in [5.74, 6) is 3.38. The number of rotatable bonds is 6. The maximum atomic E-state index is 5.82. The van der Waals surface area contributed by atoms with Crippen LogP contribution in [0.15, 0.2) is 38.4 Å². The SMILES string of the molecule is CC(C)c1ccc(-c2noc(CSc3nnc(C4CCCCC4)o3)n2)cc1. The lowest BCUT2D eigenvalue weighted by atomic mass is 9.89. The van der Waals surface area contributed by atoms with E-state index in [-0.39, 0.29) is 0 Å². The first-order valence-electron chi connectivity index (χ1n) is 9.58. The van der Waals surface area contributed by atoms with Crippen LogP contribution in [-0.2, 0) is 5.75 Å². The molecule has 3 aromatic rings. The molecular weight excluding hydrogens is 360 g/mol. The Morgan fingerprint density at radius 1 is 1.07 bits per heavy atom. The second kappa shape index (κ2) is 8.25. The molecule has 27 heavy (non-hydrogen) atoms. The van der Waals surface area contributed by atoms with Gasteiger partial charge < -0.3 is 8.94 Å². The maximum absolute atomic E-state index is 5.82. The Morgan fingerprint density at radius 3 is 2.59 bits per heavy atom. The summed E-state index contributed by atoms with van der Waals surface area (Å²) in [5, 5.41) is 13.0. The summed E-state index contributed by atoms with van der Waals surface area (Å²) in [4.78, 5) is 4.48. The van der Waals surface area contributed by atoms with Crippen LogP contribution in [0.5, 0.6) is 0 Å². The molecule has 2 heterocycles. The third-order valence-electron chi connectivity index (χ3n) is 5.00. The van der Waals surface area contributed by atoms with Crippen molar-refractivity contribution in [3.63, 3.8) is 0 Å². The number of nitrogens with zero attached hydrogens (tertiary/aromatic N) is 4. The molecule has 2 aromatic heterocycles. The molecule has 4 rings (SSSR count). The summed E-state index contributed by atoms with van der Waals surface area (Å²) in [5.41, 5.74) is 2.25. The van der Waals surface area contributed by atoms with Crippen LogP contribution < -0.4 is 0 Å². The van der Waals surface area contributed by atoms with E-state index in [9.17, 15) is 0 Å². The van der Waals surface area contributed by atoms with E-state index in [2.05, 4.69) is 46.3 Å². The van der Waals surface area contributed by atoms with Gasteiger partial charge in [0.25, 0.3) is 5.22 Å². The van der Waals surface area contributed by atoms with E-state index < -0.39 is 0 Å². The molecule has 1 aliphatic carbocycles. The largest absolute Gasteiger partial charge is 0.416 e.